The first-order valence-electron chi connectivity index (χ1n) is 5.35. The largest absolute Gasteiger partial charge is 0.480 e. The first-order chi connectivity index (χ1) is 8.40. The Morgan fingerprint density at radius 2 is 1.78 bits per heavy atom. The summed E-state index contributed by atoms with van der Waals surface area (Å²) in [6.07, 6.45) is 0. The van der Waals surface area contributed by atoms with E-state index in [9.17, 15) is 9.59 Å². The fourth-order valence-corrected chi connectivity index (χ4v) is 2.24. The molecule has 1 rings (SSSR count). The van der Waals surface area contributed by atoms with E-state index >= 15 is 0 Å². The number of aliphatic carboxylic acids is 1. The normalized spacial score (nSPS) is 13.7. The summed E-state index contributed by atoms with van der Waals surface area (Å²) < 4.78 is 0. The van der Waals surface area contributed by atoms with Crippen molar-refractivity contribution in [2.45, 2.75) is 24.3 Å². The van der Waals surface area contributed by atoms with Gasteiger partial charge in [-0.05, 0) is 38.1 Å². The molecule has 0 fully saturated rings. The van der Waals surface area contributed by atoms with Gasteiger partial charge < -0.3 is 10.4 Å². The van der Waals surface area contributed by atoms with Crippen LogP contribution < -0.4 is 5.32 Å². The number of carboxylic acid groups (broad SMARTS) is 1. The zero-order chi connectivity index (χ0) is 13.7. The van der Waals surface area contributed by atoms with Crippen molar-refractivity contribution in [1.29, 1.82) is 0 Å². The second kappa shape index (κ2) is 6.66. The van der Waals surface area contributed by atoms with Gasteiger partial charge in [0.05, 0.1) is 5.25 Å². The van der Waals surface area contributed by atoms with Crippen LogP contribution in [0, 0.1) is 0 Å². The molecule has 2 atom stereocenters. The number of hydrogen-bond donors (Lipinski definition) is 2. The van der Waals surface area contributed by atoms with Gasteiger partial charge in [-0.25, -0.2) is 0 Å². The van der Waals surface area contributed by atoms with E-state index in [4.69, 9.17) is 16.7 Å². The average Bonchev–Trinajstić information content (AvgIpc) is 2.31. The fourth-order valence-electron chi connectivity index (χ4n) is 1.20. The van der Waals surface area contributed by atoms with Gasteiger partial charge in [0.25, 0.3) is 0 Å². The summed E-state index contributed by atoms with van der Waals surface area (Å²) in [4.78, 5) is 22.5. The van der Waals surface area contributed by atoms with Crippen molar-refractivity contribution in [3.63, 3.8) is 0 Å². The van der Waals surface area contributed by atoms with Gasteiger partial charge in [0.1, 0.15) is 5.25 Å². The molecule has 2 unspecified atom stereocenters. The number of benzene rings is 1. The molecule has 4 nitrogen and oxygen atoms in total. The predicted octanol–water partition coefficient (Wildman–Crippen LogP) is 2.87. The smallest absolute Gasteiger partial charge is 0.316 e. The molecule has 1 aromatic carbocycles. The Hall–Kier alpha value is -1.20. The van der Waals surface area contributed by atoms with Crippen LogP contribution in [0.1, 0.15) is 13.8 Å². The number of carbonyl (C=O) groups is 2. The van der Waals surface area contributed by atoms with Crippen molar-refractivity contribution < 1.29 is 14.7 Å². The van der Waals surface area contributed by atoms with Crippen LogP contribution in [-0.2, 0) is 9.59 Å². The van der Waals surface area contributed by atoms with Crippen LogP contribution in [-0.4, -0.2) is 27.5 Å². The molecule has 1 amide bonds. The molecule has 2 N–H and O–H groups in total. The van der Waals surface area contributed by atoms with Crippen LogP contribution >= 0.6 is 23.4 Å². The molecule has 0 saturated carbocycles. The van der Waals surface area contributed by atoms with Crippen molar-refractivity contribution >= 4 is 40.9 Å². The third kappa shape index (κ3) is 4.58. The number of nitrogens with one attached hydrogen (secondary N) is 1. The third-order valence-electron chi connectivity index (χ3n) is 2.24. The van der Waals surface area contributed by atoms with Crippen molar-refractivity contribution in [2.75, 3.05) is 5.32 Å². The van der Waals surface area contributed by atoms with Gasteiger partial charge in [-0.2, -0.15) is 0 Å². The number of carboxylic acids is 1. The average molecular weight is 288 g/mol. The minimum atomic E-state index is -0.925. The monoisotopic (exact) mass is 287 g/mol. The van der Waals surface area contributed by atoms with E-state index in [0.29, 0.717) is 10.7 Å². The summed E-state index contributed by atoms with van der Waals surface area (Å²) in [5, 5.41) is 11.0. The minimum absolute atomic E-state index is 0.226. The maximum absolute atomic E-state index is 11.8. The highest BCUT2D eigenvalue weighted by Gasteiger charge is 2.20. The summed E-state index contributed by atoms with van der Waals surface area (Å²) in [6, 6.07) is 6.74. The quantitative estimate of drug-likeness (QED) is 0.874. The molecule has 0 aliphatic heterocycles. The molecule has 0 heterocycles. The second-order valence-electron chi connectivity index (χ2n) is 3.75. The summed E-state index contributed by atoms with van der Waals surface area (Å²) >= 11 is 6.83. The molecule has 0 bridgehead atoms. The Bertz CT molecular complexity index is 435. The number of anilines is 1. The molecule has 0 aliphatic carbocycles. The number of hydrogen-bond acceptors (Lipinski definition) is 3. The fraction of sp³-hybridized carbons (Fsp3) is 0.333. The summed E-state index contributed by atoms with van der Waals surface area (Å²) in [7, 11) is 0. The third-order valence-corrected chi connectivity index (χ3v) is 3.72. The van der Waals surface area contributed by atoms with Gasteiger partial charge in [-0.15, -0.1) is 11.8 Å². The number of carbonyl (C=O) groups excluding carboxylic acids is 1. The standard InChI is InChI=1S/C12H14ClNO3S/c1-7(18-8(2)12(16)17)11(15)14-10-5-3-9(13)4-6-10/h3-8H,1-2H3,(H,14,15)(H,16,17). The van der Waals surface area contributed by atoms with Gasteiger partial charge in [0.2, 0.25) is 5.91 Å². The Balaban J connectivity index is 2.54. The first-order valence-corrected chi connectivity index (χ1v) is 6.67. The Labute approximate surface area is 115 Å². The van der Waals surface area contributed by atoms with Crippen molar-refractivity contribution in [3.05, 3.63) is 29.3 Å². The van der Waals surface area contributed by atoms with Gasteiger partial charge >= 0.3 is 5.97 Å². The highest BCUT2D eigenvalue weighted by atomic mass is 35.5. The van der Waals surface area contributed by atoms with Crippen LogP contribution in [0.5, 0.6) is 0 Å². The van der Waals surface area contributed by atoms with Crippen LogP contribution in [0.4, 0.5) is 5.69 Å². The zero-order valence-electron chi connectivity index (χ0n) is 10.0. The highest BCUT2D eigenvalue weighted by molar-refractivity contribution is 8.01. The molecule has 1 aromatic rings. The number of halogens is 1. The zero-order valence-corrected chi connectivity index (χ0v) is 11.6. The lowest BCUT2D eigenvalue weighted by molar-refractivity contribution is -0.136. The molecule has 0 aliphatic rings. The van der Waals surface area contributed by atoms with Gasteiger partial charge in [-0.3, -0.25) is 9.59 Å². The van der Waals surface area contributed by atoms with E-state index in [1.165, 1.54) is 0 Å². The summed E-state index contributed by atoms with van der Waals surface area (Å²) in [6.45, 7) is 3.23. The lowest BCUT2D eigenvalue weighted by Gasteiger charge is -2.14. The number of rotatable bonds is 5. The van der Waals surface area contributed by atoms with E-state index in [1.807, 2.05) is 0 Å². The molecular formula is C12H14ClNO3S. The van der Waals surface area contributed by atoms with Crippen molar-refractivity contribution in [2.24, 2.45) is 0 Å². The van der Waals surface area contributed by atoms with Crippen molar-refractivity contribution in [3.8, 4) is 0 Å². The Morgan fingerprint density at radius 1 is 1.22 bits per heavy atom. The highest BCUT2D eigenvalue weighted by Crippen LogP contribution is 2.20. The SMILES string of the molecule is CC(SC(C)C(=O)Nc1ccc(Cl)cc1)C(=O)O. The van der Waals surface area contributed by atoms with Gasteiger partial charge in [0.15, 0.2) is 0 Å². The molecule has 18 heavy (non-hydrogen) atoms. The summed E-state index contributed by atoms with van der Waals surface area (Å²) in [5.74, 6) is -1.15. The maximum Gasteiger partial charge on any atom is 0.316 e. The van der Waals surface area contributed by atoms with E-state index in [2.05, 4.69) is 5.32 Å². The van der Waals surface area contributed by atoms with Crippen LogP contribution in [0.2, 0.25) is 5.02 Å². The Morgan fingerprint density at radius 3 is 2.28 bits per heavy atom. The molecule has 0 spiro atoms. The van der Waals surface area contributed by atoms with E-state index in [-0.39, 0.29) is 5.91 Å². The molecular weight excluding hydrogens is 274 g/mol. The van der Waals surface area contributed by atoms with E-state index < -0.39 is 16.5 Å². The topological polar surface area (TPSA) is 66.4 Å². The minimum Gasteiger partial charge on any atom is -0.480 e. The maximum atomic E-state index is 11.8. The van der Waals surface area contributed by atoms with Crippen LogP contribution in [0.3, 0.4) is 0 Å². The lowest BCUT2D eigenvalue weighted by Crippen LogP contribution is -2.26. The predicted molar refractivity (Wildman–Crippen MR) is 74.2 cm³/mol. The molecule has 0 saturated heterocycles. The van der Waals surface area contributed by atoms with Gasteiger partial charge in [0, 0.05) is 10.7 Å². The molecule has 6 heteroatoms. The second-order valence-corrected chi connectivity index (χ2v) is 5.88. The van der Waals surface area contributed by atoms with E-state index in [0.717, 1.165) is 11.8 Å². The molecule has 0 radical (unpaired) electrons. The van der Waals surface area contributed by atoms with Crippen LogP contribution in [0.25, 0.3) is 0 Å². The van der Waals surface area contributed by atoms with Gasteiger partial charge in [-0.1, -0.05) is 11.6 Å². The lowest BCUT2D eigenvalue weighted by atomic mass is 10.3. The molecule has 98 valence electrons. The number of thioether (sulfide) groups is 1. The van der Waals surface area contributed by atoms with Crippen molar-refractivity contribution in [1.82, 2.24) is 0 Å². The first kappa shape index (κ1) is 14.9. The summed E-state index contributed by atoms with van der Waals surface area (Å²) in [5.41, 5.74) is 0.639. The van der Waals surface area contributed by atoms with E-state index in [1.54, 1.807) is 38.1 Å². The van der Waals surface area contributed by atoms with Crippen LogP contribution in [0.15, 0.2) is 24.3 Å². The Kier molecular flexibility index (Phi) is 5.50. The number of amides is 1. The molecule has 0 aromatic heterocycles.